The van der Waals surface area contributed by atoms with Crippen molar-refractivity contribution in [1.82, 2.24) is 0 Å². The Morgan fingerprint density at radius 1 is 1.25 bits per heavy atom. The van der Waals surface area contributed by atoms with Crippen molar-refractivity contribution in [1.29, 1.82) is 0 Å². The molecule has 0 aromatic heterocycles. The van der Waals surface area contributed by atoms with Gasteiger partial charge in [-0.05, 0) is 44.4 Å². The number of carbonyl (C=O) groups is 1. The van der Waals surface area contributed by atoms with E-state index in [1.165, 1.54) is 0 Å². The van der Waals surface area contributed by atoms with Crippen molar-refractivity contribution in [2.45, 2.75) is 45.6 Å². The van der Waals surface area contributed by atoms with Gasteiger partial charge in [0.2, 0.25) is 0 Å². The Morgan fingerprint density at radius 2 is 1.90 bits per heavy atom. The van der Waals surface area contributed by atoms with Crippen molar-refractivity contribution in [3.8, 4) is 5.75 Å². The summed E-state index contributed by atoms with van der Waals surface area (Å²) in [7, 11) is 0. The molecule has 0 fully saturated rings. The third kappa shape index (κ3) is 5.21. The van der Waals surface area contributed by atoms with Gasteiger partial charge in [-0.25, -0.2) is 0 Å². The van der Waals surface area contributed by atoms with Crippen molar-refractivity contribution < 1.29 is 19.4 Å². The highest BCUT2D eigenvalue weighted by molar-refractivity contribution is 5.69. The van der Waals surface area contributed by atoms with E-state index in [2.05, 4.69) is 6.92 Å². The van der Waals surface area contributed by atoms with Gasteiger partial charge < -0.3 is 14.6 Å². The molecule has 1 aromatic rings. The summed E-state index contributed by atoms with van der Waals surface area (Å²) in [5.74, 6) is 0.507. The van der Waals surface area contributed by atoms with Crippen LogP contribution in [0, 0.1) is 0 Å². The second-order valence-electron chi connectivity index (χ2n) is 4.95. The SMILES string of the molecule is CCCOc1ccc(C(C)(O)CCC(=O)OCC)cc1. The largest absolute Gasteiger partial charge is 0.494 e. The maximum Gasteiger partial charge on any atom is 0.305 e. The van der Waals surface area contributed by atoms with E-state index >= 15 is 0 Å². The van der Waals surface area contributed by atoms with Crippen molar-refractivity contribution in [3.05, 3.63) is 29.8 Å². The average molecular weight is 280 g/mol. The van der Waals surface area contributed by atoms with Crippen LogP contribution in [0.15, 0.2) is 24.3 Å². The molecule has 1 unspecified atom stereocenters. The van der Waals surface area contributed by atoms with Crippen molar-refractivity contribution in [3.63, 3.8) is 0 Å². The van der Waals surface area contributed by atoms with E-state index in [0.29, 0.717) is 19.6 Å². The molecule has 1 aromatic carbocycles. The molecule has 0 saturated heterocycles. The third-order valence-electron chi connectivity index (χ3n) is 3.07. The average Bonchev–Trinajstić information content (AvgIpc) is 2.44. The van der Waals surface area contributed by atoms with Crippen LogP contribution in [0.1, 0.15) is 45.6 Å². The monoisotopic (exact) mass is 280 g/mol. The minimum Gasteiger partial charge on any atom is -0.494 e. The normalized spacial score (nSPS) is 13.6. The summed E-state index contributed by atoms with van der Waals surface area (Å²) in [6.07, 6.45) is 1.49. The lowest BCUT2D eigenvalue weighted by atomic mass is 9.91. The topological polar surface area (TPSA) is 55.8 Å². The summed E-state index contributed by atoms with van der Waals surface area (Å²) in [6, 6.07) is 7.33. The van der Waals surface area contributed by atoms with Crippen molar-refractivity contribution >= 4 is 5.97 Å². The lowest BCUT2D eigenvalue weighted by molar-refractivity contribution is -0.144. The Balaban J connectivity index is 2.60. The molecule has 0 aliphatic carbocycles. The van der Waals surface area contributed by atoms with Gasteiger partial charge in [-0.3, -0.25) is 4.79 Å². The molecule has 0 heterocycles. The molecule has 0 bridgehead atoms. The zero-order valence-corrected chi connectivity index (χ0v) is 12.5. The maximum absolute atomic E-state index is 11.3. The second-order valence-corrected chi connectivity index (χ2v) is 4.95. The lowest BCUT2D eigenvalue weighted by Crippen LogP contribution is -2.22. The molecule has 4 nitrogen and oxygen atoms in total. The first-order valence-electron chi connectivity index (χ1n) is 7.11. The molecule has 0 radical (unpaired) electrons. The third-order valence-corrected chi connectivity index (χ3v) is 3.07. The van der Waals surface area contributed by atoms with Crippen LogP contribution in [0.3, 0.4) is 0 Å². The fourth-order valence-corrected chi connectivity index (χ4v) is 1.85. The van der Waals surface area contributed by atoms with E-state index in [1.54, 1.807) is 13.8 Å². The Kier molecular flexibility index (Phi) is 6.52. The van der Waals surface area contributed by atoms with Crippen LogP contribution in [0.4, 0.5) is 0 Å². The van der Waals surface area contributed by atoms with Gasteiger partial charge in [-0.2, -0.15) is 0 Å². The number of hydrogen-bond donors (Lipinski definition) is 1. The van der Waals surface area contributed by atoms with E-state index in [-0.39, 0.29) is 12.4 Å². The summed E-state index contributed by atoms with van der Waals surface area (Å²) in [5.41, 5.74) is -0.276. The molecule has 0 aliphatic rings. The Hall–Kier alpha value is -1.55. The van der Waals surface area contributed by atoms with Gasteiger partial charge in [-0.1, -0.05) is 19.1 Å². The zero-order chi connectivity index (χ0) is 15.0. The molecule has 0 amide bonds. The van der Waals surface area contributed by atoms with Crippen molar-refractivity contribution in [2.24, 2.45) is 0 Å². The summed E-state index contributed by atoms with van der Waals surface area (Å²) < 4.78 is 10.4. The highest BCUT2D eigenvalue weighted by Gasteiger charge is 2.24. The lowest BCUT2D eigenvalue weighted by Gasteiger charge is -2.23. The molecule has 1 atom stereocenters. The molecule has 1 N–H and O–H groups in total. The molecule has 1 rings (SSSR count). The van der Waals surface area contributed by atoms with Crippen LogP contribution in [0.5, 0.6) is 5.75 Å². The number of hydrogen-bond acceptors (Lipinski definition) is 4. The van der Waals surface area contributed by atoms with E-state index in [4.69, 9.17) is 9.47 Å². The summed E-state index contributed by atoms with van der Waals surface area (Å²) in [6.45, 7) is 6.57. The fraction of sp³-hybridized carbons (Fsp3) is 0.562. The first-order valence-corrected chi connectivity index (χ1v) is 7.11. The number of ether oxygens (including phenoxy) is 2. The second kappa shape index (κ2) is 7.90. The summed E-state index contributed by atoms with van der Waals surface area (Å²) >= 11 is 0. The smallest absolute Gasteiger partial charge is 0.305 e. The molecule has 0 saturated carbocycles. The molecule has 4 heteroatoms. The predicted octanol–water partition coefficient (Wildman–Crippen LogP) is 3.03. The van der Waals surface area contributed by atoms with Crippen LogP contribution in [-0.4, -0.2) is 24.3 Å². The highest BCUT2D eigenvalue weighted by atomic mass is 16.5. The number of rotatable bonds is 8. The van der Waals surface area contributed by atoms with Crippen LogP contribution in [0.2, 0.25) is 0 Å². The van der Waals surface area contributed by atoms with Gasteiger partial charge in [0.1, 0.15) is 5.75 Å². The van der Waals surface area contributed by atoms with E-state index in [1.807, 2.05) is 24.3 Å². The Bertz CT molecular complexity index is 409. The van der Waals surface area contributed by atoms with Gasteiger partial charge in [-0.15, -0.1) is 0 Å². The van der Waals surface area contributed by atoms with Crippen molar-refractivity contribution in [2.75, 3.05) is 13.2 Å². The molecule has 0 aliphatic heterocycles. The van der Waals surface area contributed by atoms with Crippen LogP contribution in [-0.2, 0) is 15.1 Å². The molecule has 112 valence electrons. The molecule has 0 spiro atoms. The predicted molar refractivity (Wildman–Crippen MR) is 77.7 cm³/mol. The number of carbonyl (C=O) groups excluding carboxylic acids is 1. The first-order chi connectivity index (χ1) is 9.49. The number of benzene rings is 1. The van der Waals surface area contributed by atoms with Crippen LogP contribution < -0.4 is 4.74 Å². The zero-order valence-electron chi connectivity index (χ0n) is 12.5. The Morgan fingerprint density at radius 3 is 2.45 bits per heavy atom. The Labute approximate surface area is 120 Å². The van der Waals surface area contributed by atoms with Gasteiger partial charge in [0, 0.05) is 6.42 Å². The molecular weight excluding hydrogens is 256 g/mol. The van der Waals surface area contributed by atoms with E-state index < -0.39 is 5.60 Å². The van der Waals surface area contributed by atoms with Crippen LogP contribution in [0.25, 0.3) is 0 Å². The molecule has 20 heavy (non-hydrogen) atoms. The fourth-order valence-electron chi connectivity index (χ4n) is 1.85. The highest BCUT2D eigenvalue weighted by Crippen LogP contribution is 2.27. The standard InChI is InChI=1S/C16H24O4/c1-4-12-20-14-8-6-13(7-9-14)16(3,18)11-10-15(17)19-5-2/h6-9,18H,4-5,10-12H2,1-3H3. The van der Waals surface area contributed by atoms with E-state index in [0.717, 1.165) is 17.7 Å². The van der Waals surface area contributed by atoms with Gasteiger partial charge >= 0.3 is 5.97 Å². The number of aliphatic hydroxyl groups is 1. The quantitative estimate of drug-likeness (QED) is 0.744. The van der Waals surface area contributed by atoms with Gasteiger partial charge in [0.25, 0.3) is 0 Å². The summed E-state index contributed by atoms with van der Waals surface area (Å²) in [4.78, 5) is 11.3. The van der Waals surface area contributed by atoms with Gasteiger partial charge in [0.05, 0.1) is 18.8 Å². The minimum absolute atomic E-state index is 0.203. The first kappa shape index (κ1) is 16.5. The maximum atomic E-state index is 11.3. The molecular formula is C16H24O4. The van der Waals surface area contributed by atoms with Gasteiger partial charge in [0.15, 0.2) is 0 Å². The summed E-state index contributed by atoms with van der Waals surface area (Å²) in [5, 5.41) is 10.4. The minimum atomic E-state index is -1.05. The van der Waals surface area contributed by atoms with Crippen LogP contribution >= 0.6 is 0 Å². The van der Waals surface area contributed by atoms with E-state index in [9.17, 15) is 9.90 Å². The number of esters is 1.